The first kappa shape index (κ1) is 22.4. The SMILES string of the molecule is COCc1nn2cc3c(nc2c1-c1ccc(Cl)cc1)CC(c1ccc(OC)cc1OC)CC3=O. The van der Waals surface area contributed by atoms with E-state index in [1.54, 1.807) is 32.0 Å². The van der Waals surface area contributed by atoms with E-state index in [0.29, 0.717) is 47.2 Å². The lowest BCUT2D eigenvalue weighted by Gasteiger charge is -2.25. The minimum Gasteiger partial charge on any atom is -0.497 e. The molecular formula is C26H24ClN3O4. The van der Waals surface area contributed by atoms with Crippen molar-refractivity contribution in [2.75, 3.05) is 21.3 Å². The predicted molar refractivity (Wildman–Crippen MR) is 129 cm³/mol. The number of carbonyl (C=O) groups excluding carboxylic acids is 1. The van der Waals surface area contributed by atoms with Crippen LogP contribution < -0.4 is 9.47 Å². The first-order valence-electron chi connectivity index (χ1n) is 10.9. The average molecular weight is 478 g/mol. The highest BCUT2D eigenvalue weighted by Gasteiger charge is 2.31. The Kier molecular flexibility index (Phi) is 5.98. The number of hydrogen-bond donors (Lipinski definition) is 0. The second-order valence-electron chi connectivity index (χ2n) is 8.27. The van der Waals surface area contributed by atoms with Gasteiger partial charge in [-0.3, -0.25) is 4.79 Å². The first-order valence-corrected chi connectivity index (χ1v) is 11.3. The van der Waals surface area contributed by atoms with Crippen LogP contribution in [0.25, 0.3) is 16.8 Å². The average Bonchev–Trinajstić information content (AvgIpc) is 3.20. The molecule has 174 valence electrons. The van der Waals surface area contributed by atoms with E-state index in [1.807, 2.05) is 42.5 Å². The Morgan fingerprint density at radius 1 is 1.06 bits per heavy atom. The third-order valence-corrected chi connectivity index (χ3v) is 6.48. The summed E-state index contributed by atoms with van der Waals surface area (Å²) >= 11 is 6.10. The number of halogens is 1. The summed E-state index contributed by atoms with van der Waals surface area (Å²) in [6.45, 7) is 0.325. The van der Waals surface area contributed by atoms with E-state index < -0.39 is 0 Å². The van der Waals surface area contributed by atoms with Crippen LogP contribution >= 0.6 is 11.6 Å². The van der Waals surface area contributed by atoms with Gasteiger partial charge >= 0.3 is 0 Å². The first-order chi connectivity index (χ1) is 16.5. The van der Waals surface area contributed by atoms with Crippen molar-refractivity contribution in [3.8, 4) is 22.6 Å². The van der Waals surface area contributed by atoms with Gasteiger partial charge in [0.2, 0.25) is 0 Å². The normalized spacial score (nSPS) is 15.4. The Bertz CT molecular complexity index is 1380. The number of ketones is 1. The lowest BCUT2D eigenvalue weighted by molar-refractivity contribution is 0.0962. The zero-order valence-corrected chi connectivity index (χ0v) is 19.9. The van der Waals surface area contributed by atoms with Gasteiger partial charge in [0, 0.05) is 36.7 Å². The molecule has 1 aliphatic rings. The summed E-state index contributed by atoms with van der Waals surface area (Å²) in [6, 6.07) is 13.3. The maximum atomic E-state index is 13.2. The molecule has 1 unspecified atom stereocenters. The fraction of sp³-hybridized carbons (Fsp3) is 0.269. The molecule has 2 aromatic carbocycles. The molecule has 2 aromatic heterocycles. The van der Waals surface area contributed by atoms with Crippen LogP contribution in [0.5, 0.6) is 11.5 Å². The van der Waals surface area contributed by atoms with E-state index in [4.69, 9.17) is 30.8 Å². The molecule has 0 spiro atoms. The minimum atomic E-state index is -0.0452. The number of fused-ring (bicyclic) bond motifs is 2. The zero-order valence-electron chi connectivity index (χ0n) is 19.2. The molecule has 0 radical (unpaired) electrons. The predicted octanol–water partition coefficient (Wildman–Crippen LogP) is 5.13. The van der Waals surface area contributed by atoms with Gasteiger partial charge in [0.15, 0.2) is 11.4 Å². The van der Waals surface area contributed by atoms with Crippen LogP contribution in [0.1, 0.15) is 39.6 Å². The number of aromatic nitrogens is 3. The van der Waals surface area contributed by atoms with Gasteiger partial charge in [-0.1, -0.05) is 29.8 Å². The highest BCUT2D eigenvalue weighted by molar-refractivity contribution is 6.30. The number of benzene rings is 2. The second kappa shape index (κ2) is 9.08. The van der Waals surface area contributed by atoms with Gasteiger partial charge in [-0.25, -0.2) is 9.50 Å². The maximum absolute atomic E-state index is 13.2. The molecule has 0 saturated carbocycles. The molecular weight excluding hydrogens is 454 g/mol. The number of Topliss-reactive ketones (excluding diaryl/α,β-unsaturated/α-hetero) is 1. The van der Waals surface area contributed by atoms with Crippen molar-refractivity contribution in [2.45, 2.75) is 25.4 Å². The number of hydrogen-bond acceptors (Lipinski definition) is 6. The van der Waals surface area contributed by atoms with Gasteiger partial charge in [-0.2, -0.15) is 5.10 Å². The number of nitrogens with zero attached hydrogens (tertiary/aromatic N) is 3. The van der Waals surface area contributed by atoms with Crippen LogP contribution in [-0.2, 0) is 17.8 Å². The van der Waals surface area contributed by atoms with Crippen LogP contribution in [0.2, 0.25) is 5.02 Å². The highest BCUT2D eigenvalue weighted by atomic mass is 35.5. The molecule has 8 heteroatoms. The molecule has 0 bridgehead atoms. The Hall–Kier alpha value is -3.42. The highest BCUT2D eigenvalue weighted by Crippen LogP contribution is 2.39. The summed E-state index contributed by atoms with van der Waals surface area (Å²) in [5.74, 6) is 1.40. The van der Waals surface area contributed by atoms with Gasteiger partial charge < -0.3 is 14.2 Å². The third-order valence-electron chi connectivity index (χ3n) is 6.23. The van der Waals surface area contributed by atoms with Crippen molar-refractivity contribution in [3.63, 3.8) is 0 Å². The van der Waals surface area contributed by atoms with Crippen LogP contribution in [0.3, 0.4) is 0 Å². The molecule has 5 rings (SSSR count). The van der Waals surface area contributed by atoms with E-state index in [9.17, 15) is 4.79 Å². The van der Waals surface area contributed by atoms with E-state index in [1.165, 1.54) is 0 Å². The lowest BCUT2D eigenvalue weighted by atomic mass is 9.81. The third kappa shape index (κ3) is 3.91. The number of carbonyl (C=O) groups is 1. The quantitative estimate of drug-likeness (QED) is 0.383. The van der Waals surface area contributed by atoms with Crippen molar-refractivity contribution in [3.05, 3.63) is 76.2 Å². The van der Waals surface area contributed by atoms with Crippen LogP contribution in [0.4, 0.5) is 0 Å². The largest absolute Gasteiger partial charge is 0.497 e. The van der Waals surface area contributed by atoms with E-state index in [-0.39, 0.29) is 11.7 Å². The van der Waals surface area contributed by atoms with Crippen molar-refractivity contribution >= 4 is 23.0 Å². The minimum absolute atomic E-state index is 0.0374. The molecule has 1 aliphatic carbocycles. The molecule has 34 heavy (non-hydrogen) atoms. The Balaban J connectivity index is 1.62. The monoisotopic (exact) mass is 477 g/mol. The van der Waals surface area contributed by atoms with Gasteiger partial charge in [0.05, 0.1) is 43.3 Å². The summed E-state index contributed by atoms with van der Waals surface area (Å²) in [7, 11) is 4.87. The van der Waals surface area contributed by atoms with Gasteiger partial charge in [0.1, 0.15) is 11.5 Å². The maximum Gasteiger partial charge on any atom is 0.166 e. The molecule has 7 nitrogen and oxygen atoms in total. The summed E-state index contributed by atoms with van der Waals surface area (Å²) < 4.78 is 18.0. The topological polar surface area (TPSA) is 75.0 Å². The molecule has 0 amide bonds. The molecule has 1 atom stereocenters. The standard InChI is InChI=1S/C26H24ClN3O4/c1-32-14-22-25(15-4-6-17(27)7-5-15)26-28-21-10-16(11-23(31)20(21)13-30(26)29-22)19-9-8-18(33-2)12-24(19)34-3/h4-9,12-13,16H,10-11,14H2,1-3H3. The summed E-state index contributed by atoms with van der Waals surface area (Å²) in [6.07, 6.45) is 2.78. The van der Waals surface area contributed by atoms with E-state index in [2.05, 4.69) is 5.10 Å². The molecule has 0 aliphatic heterocycles. The Morgan fingerprint density at radius 3 is 2.56 bits per heavy atom. The number of methoxy groups -OCH3 is 3. The van der Waals surface area contributed by atoms with E-state index in [0.717, 1.165) is 28.1 Å². The molecule has 0 fully saturated rings. The van der Waals surface area contributed by atoms with Gasteiger partial charge in [0.25, 0.3) is 0 Å². The zero-order chi connectivity index (χ0) is 23.8. The molecule has 4 aromatic rings. The van der Waals surface area contributed by atoms with Crippen LogP contribution in [0, 0.1) is 0 Å². The smallest absolute Gasteiger partial charge is 0.166 e. The van der Waals surface area contributed by atoms with Crippen molar-refractivity contribution in [2.24, 2.45) is 0 Å². The lowest BCUT2D eigenvalue weighted by Crippen LogP contribution is -2.21. The van der Waals surface area contributed by atoms with Crippen LogP contribution in [0.15, 0.2) is 48.7 Å². The molecule has 0 N–H and O–H groups in total. The molecule has 2 heterocycles. The van der Waals surface area contributed by atoms with Gasteiger partial charge in [-0.15, -0.1) is 0 Å². The Morgan fingerprint density at radius 2 is 1.85 bits per heavy atom. The second-order valence-corrected chi connectivity index (χ2v) is 8.70. The number of rotatable bonds is 6. The van der Waals surface area contributed by atoms with E-state index >= 15 is 0 Å². The Labute approximate surface area is 202 Å². The van der Waals surface area contributed by atoms with Crippen LogP contribution in [-0.4, -0.2) is 41.7 Å². The van der Waals surface area contributed by atoms with Gasteiger partial charge in [-0.05, 0) is 35.7 Å². The summed E-state index contributed by atoms with van der Waals surface area (Å²) in [5, 5.41) is 5.33. The van der Waals surface area contributed by atoms with Crippen molar-refractivity contribution in [1.29, 1.82) is 0 Å². The summed E-state index contributed by atoms with van der Waals surface area (Å²) in [4.78, 5) is 18.1. The fourth-order valence-electron chi connectivity index (χ4n) is 4.61. The molecule has 0 saturated heterocycles. The fourth-order valence-corrected chi connectivity index (χ4v) is 4.73. The van der Waals surface area contributed by atoms with Crippen molar-refractivity contribution < 1.29 is 19.0 Å². The van der Waals surface area contributed by atoms with Crippen molar-refractivity contribution in [1.82, 2.24) is 14.6 Å². The summed E-state index contributed by atoms with van der Waals surface area (Å²) in [5.41, 5.74) is 5.57. The number of ether oxygens (including phenoxy) is 3.